The summed E-state index contributed by atoms with van der Waals surface area (Å²) < 4.78 is 27.3. The minimum absolute atomic E-state index is 0. The largest absolute Gasteiger partial charge is 0.335 e. The molecule has 1 aliphatic rings. The molecule has 0 bridgehead atoms. The molecule has 150 valence electrons. The Morgan fingerprint density at radius 2 is 1.85 bits per heavy atom. The Morgan fingerprint density at radius 3 is 2.44 bits per heavy atom. The van der Waals surface area contributed by atoms with Crippen LogP contribution in [-0.2, 0) is 14.4 Å². The zero-order valence-electron chi connectivity index (χ0n) is 16.0. The van der Waals surface area contributed by atoms with E-state index in [1.807, 2.05) is 20.8 Å². The van der Waals surface area contributed by atoms with Crippen molar-refractivity contribution in [1.29, 1.82) is 0 Å². The van der Waals surface area contributed by atoms with Crippen molar-refractivity contribution in [1.82, 2.24) is 4.90 Å². The Balaban J connectivity index is 0.00000364. The Hall–Kier alpha value is -1.96. The van der Waals surface area contributed by atoms with Gasteiger partial charge in [-0.1, -0.05) is 20.8 Å². The highest BCUT2D eigenvalue weighted by molar-refractivity contribution is 7.59. The maximum absolute atomic E-state index is 14.0. The monoisotopic (exact) mass is 400 g/mol. The molecule has 1 saturated heterocycles. The first-order valence-electron chi connectivity index (χ1n) is 8.57. The molecule has 1 atom stereocenters. The number of carbonyl (C=O) groups is 3. The third-order valence-corrected chi connectivity index (χ3v) is 4.35. The van der Waals surface area contributed by atoms with E-state index in [1.165, 1.54) is 17.9 Å². The number of ketones is 1. The van der Waals surface area contributed by atoms with Gasteiger partial charge in [0.25, 0.3) is 5.91 Å². The first-order valence-corrected chi connectivity index (χ1v) is 8.57. The number of carbonyl (C=O) groups excluding carboxylic acids is 3. The lowest BCUT2D eigenvalue weighted by atomic mass is 9.89. The summed E-state index contributed by atoms with van der Waals surface area (Å²) in [5.41, 5.74) is -0.553. The summed E-state index contributed by atoms with van der Waals surface area (Å²) >= 11 is 0. The van der Waals surface area contributed by atoms with Crippen LogP contribution in [0.1, 0.15) is 39.2 Å². The average molecular weight is 400 g/mol. The normalized spacial score (nSPS) is 16.7. The van der Waals surface area contributed by atoms with Gasteiger partial charge in [0.05, 0.1) is 11.6 Å². The molecule has 5 nitrogen and oxygen atoms in total. The maximum Gasteiger partial charge on any atom is 0.289 e. The summed E-state index contributed by atoms with van der Waals surface area (Å²) in [5, 5.41) is 2.44. The van der Waals surface area contributed by atoms with E-state index in [2.05, 4.69) is 5.32 Å². The van der Waals surface area contributed by atoms with Crippen molar-refractivity contribution in [3.05, 3.63) is 29.3 Å². The van der Waals surface area contributed by atoms with Gasteiger partial charge in [-0.05, 0) is 30.9 Å². The van der Waals surface area contributed by atoms with Crippen LogP contribution in [0.25, 0.3) is 0 Å². The Labute approximate surface area is 164 Å². The first-order chi connectivity index (χ1) is 12.0. The van der Waals surface area contributed by atoms with Gasteiger partial charge in [0.2, 0.25) is 11.7 Å². The molecule has 0 saturated carbocycles. The number of hydrogen-bond acceptors (Lipinski definition) is 3. The van der Waals surface area contributed by atoms with Crippen molar-refractivity contribution in [2.24, 2.45) is 11.3 Å². The summed E-state index contributed by atoms with van der Waals surface area (Å²) in [6, 6.07) is 2.25. The number of rotatable bonds is 4. The fraction of sp³-hybridized carbons (Fsp3) is 0.526. The van der Waals surface area contributed by atoms with Gasteiger partial charge in [-0.25, -0.2) is 8.78 Å². The van der Waals surface area contributed by atoms with Crippen LogP contribution in [0.2, 0.25) is 0 Å². The molecule has 1 aliphatic heterocycles. The number of Topliss-reactive ketones (excluding diaryl/α,β-unsaturated/α-hetero) is 1. The van der Waals surface area contributed by atoms with Crippen molar-refractivity contribution < 1.29 is 23.2 Å². The molecule has 1 heterocycles. The first kappa shape index (κ1) is 23.1. The molecule has 0 radical (unpaired) electrons. The smallest absolute Gasteiger partial charge is 0.289 e. The third kappa shape index (κ3) is 5.76. The van der Waals surface area contributed by atoms with Crippen molar-refractivity contribution in [3.63, 3.8) is 0 Å². The minimum atomic E-state index is -0.815. The van der Waals surface area contributed by atoms with Gasteiger partial charge in [-0.2, -0.15) is 13.5 Å². The molecular formula is C19H26F2N2O3S. The number of halogens is 2. The summed E-state index contributed by atoms with van der Waals surface area (Å²) in [5.74, 6) is -3.54. The lowest BCUT2D eigenvalue weighted by molar-refractivity contribution is -0.145. The number of likely N-dealkylation sites (tertiary alicyclic amines) is 1. The van der Waals surface area contributed by atoms with E-state index in [0.29, 0.717) is 13.0 Å². The van der Waals surface area contributed by atoms with Crippen molar-refractivity contribution in [2.75, 3.05) is 18.4 Å². The van der Waals surface area contributed by atoms with Crippen LogP contribution in [0.5, 0.6) is 0 Å². The van der Waals surface area contributed by atoms with Gasteiger partial charge in [0, 0.05) is 25.1 Å². The fourth-order valence-corrected chi connectivity index (χ4v) is 2.89. The third-order valence-electron chi connectivity index (χ3n) is 4.35. The predicted molar refractivity (Wildman–Crippen MR) is 104 cm³/mol. The molecule has 0 unspecified atom stereocenters. The summed E-state index contributed by atoms with van der Waals surface area (Å²) in [4.78, 5) is 38.0. The molecule has 2 amide bonds. The lowest BCUT2D eigenvalue weighted by Crippen LogP contribution is -2.37. The highest BCUT2D eigenvalue weighted by Gasteiger charge is 2.34. The second-order valence-electron chi connectivity index (χ2n) is 7.92. The zero-order valence-corrected chi connectivity index (χ0v) is 17.0. The van der Waals surface area contributed by atoms with Crippen molar-refractivity contribution in [3.8, 4) is 0 Å². The lowest BCUT2D eigenvalue weighted by Gasteiger charge is -2.20. The topological polar surface area (TPSA) is 66.5 Å². The molecule has 1 N–H and O–H groups in total. The second kappa shape index (κ2) is 8.82. The number of anilines is 1. The van der Waals surface area contributed by atoms with Crippen LogP contribution in [0.15, 0.2) is 12.1 Å². The molecule has 27 heavy (non-hydrogen) atoms. The molecule has 2 rings (SSSR count). The van der Waals surface area contributed by atoms with E-state index in [1.54, 1.807) is 0 Å². The summed E-state index contributed by atoms with van der Waals surface area (Å²) in [6.07, 6.45) is 0.529. The van der Waals surface area contributed by atoms with E-state index in [9.17, 15) is 23.2 Å². The molecule has 8 heteroatoms. The van der Waals surface area contributed by atoms with Gasteiger partial charge >= 0.3 is 0 Å². The fourth-order valence-electron chi connectivity index (χ4n) is 2.89. The van der Waals surface area contributed by atoms with E-state index >= 15 is 0 Å². The Morgan fingerprint density at radius 1 is 1.22 bits per heavy atom. The van der Waals surface area contributed by atoms with Gasteiger partial charge in [0.15, 0.2) is 5.82 Å². The predicted octanol–water partition coefficient (Wildman–Crippen LogP) is 3.18. The molecule has 0 aromatic heterocycles. The minimum Gasteiger partial charge on any atom is -0.335 e. The van der Waals surface area contributed by atoms with Crippen molar-refractivity contribution >= 4 is 36.8 Å². The van der Waals surface area contributed by atoms with Crippen LogP contribution >= 0.6 is 13.5 Å². The zero-order chi connectivity index (χ0) is 19.6. The van der Waals surface area contributed by atoms with Gasteiger partial charge < -0.3 is 10.2 Å². The van der Waals surface area contributed by atoms with Crippen LogP contribution < -0.4 is 5.32 Å². The number of benzene rings is 1. The molecule has 0 spiro atoms. The molecule has 1 aromatic rings. The van der Waals surface area contributed by atoms with Gasteiger partial charge in [-0.3, -0.25) is 14.4 Å². The second-order valence-corrected chi connectivity index (χ2v) is 7.92. The summed E-state index contributed by atoms with van der Waals surface area (Å²) in [7, 11) is 0. The summed E-state index contributed by atoms with van der Waals surface area (Å²) in [6.45, 7) is 7.32. The van der Waals surface area contributed by atoms with Gasteiger partial charge in [0.1, 0.15) is 5.82 Å². The van der Waals surface area contributed by atoms with Crippen LogP contribution in [-0.4, -0.2) is 35.6 Å². The van der Waals surface area contributed by atoms with E-state index in [4.69, 9.17) is 0 Å². The highest BCUT2D eigenvalue weighted by Crippen LogP contribution is 2.24. The molecule has 1 fully saturated rings. The van der Waals surface area contributed by atoms with Crippen LogP contribution in [0.3, 0.4) is 0 Å². The molecular weight excluding hydrogens is 374 g/mol. The number of nitrogens with one attached hydrogen (secondary N) is 1. The molecule has 0 aliphatic carbocycles. The number of amides is 2. The van der Waals surface area contributed by atoms with Crippen LogP contribution in [0.4, 0.5) is 14.5 Å². The van der Waals surface area contributed by atoms with Crippen LogP contribution in [0, 0.1) is 29.9 Å². The maximum atomic E-state index is 14.0. The average Bonchev–Trinajstić information content (AvgIpc) is 3.03. The molecule has 1 aromatic carbocycles. The van der Waals surface area contributed by atoms with E-state index in [0.717, 1.165) is 6.07 Å². The van der Waals surface area contributed by atoms with Gasteiger partial charge in [-0.15, -0.1) is 0 Å². The SMILES string of the molecule is Cc1c(F)ccc(NC(=O)[C@H]2CCN(C(=O)C(=O)CC(C)(C)C)C2)c1F.S. The quantitative estimate of drug-likeness (QED) is 0.790. The van der Waals surface area contributed by atoms with Crippen molar-refractivity contribution in [2.45, 2.75) is 40.5 Å². The number of nitrogens with zero attached hydrogens (tertiary/aromatic N) is 1. The van der Waals surface area contributed by atoms with E-state index < -0.39 is 35.1 Å². The highest BCUT2D eigenvalue weighted by atomic mass is 32.1. The van der Waals surface area contributed by atoms with E-state index in [-0.39, 0.29) is 43.1 Å². The standard InChI is InChI=1S/C19H24F2N2O3.H2S/c1-11-13(20)5-6-14(16(11)21)22-17(25)12-7-8-23(10-12)18(26)15(24)9-19(2,3)4;/h5-6,12H,7-10H2,1-4H3,(H,22,25);1H2/t12-;/m0./s1. The number of hydrogen-bond donors (Lipinski definition) is 1. The Bertz CT molecular complexity index is 747. The Kier molecular flexibility index (Phi) is 7.54.